The van der Waals surface area contributed by atoms with Gasteiger partial charge in [-0.2, -0.15) is 0 Å². The molecule has 0 aliphatic heterocycles. The van der Waals surface area contributed by atoms with Crippen LogP contribution >= 0.6 is 11.6 Å². The zero-order chi connectivity index (χ0) is 24.0. The minimum Gasteiger partial charge on any atom is -0.456 e. The van der Waals surface area contributed by atoms with Gasteiger partial charge in [-0.3, -0.25) is 9.59 Å². The molecule has 2 aromatic rings. The summed E-state index contributed by atoms with van der Waals surface area (Å²) < 4.78 is 12.5. The number of hydrogen-bond acceptors (Lipinski definition) is 5. The quantitative estimate of drug-likeness (QED) is 0.423. The maximum atomic E-state index is 12.8. The molecule has 2 atom stereocenters. The average molecular weight is 463 g/mol. The summed E-state index contributed by atoms with van der Waals surface area (Å²) in [5.41, 5.74) is 2.48. The lowest BCUT2D eigenvalue weighted by atomic mass is 10.0. The maximum absolute atomic E-state index is 12.8. The van der Waals surface area contributed by atoms with Crippen LogP contribution in [0.4, 0.5) is 0 Å². The highest BCUT2D eigenvalue weighted by Gasteiger charge is 2.28. The fraction of sp³-hybridized carbons (Fsp3) is 0.458. The van der Waals surface area contributed by atoms with Gasteiger partial charge in [0.2, 0.25) is 5.78 Å². The number of carbonyl (C=O) groups excluding carboxylic acids is 3. The van der Waals surface area contributed by atoms with Crippen molar-refractivity contribution < 1.29 is 23.9 Å². The number of ether oxygens (including phenoxy) is 2. The number of halogens is 1. The normalized spacial score (nSPS) is 13.0. The highest BCUT2D eigenvalue weighted by Crippen LogP contribution is 2.21. The molecule has 1 amide bonds. The Morgan fingerprint density at radius 2 is 1.75 bits per heavy atom. The van der Waals surface area contributed by atoms with Crippen LogP contribution < -0.4 is 5.32 Å². The Morgan fingerprint density at radius 3 is 2.34 bits per heavy atom. The van der Waals surface area contributed by atoms with Crippen molar-refractivity contribution in [2.45, 2.75) is 46.7 Å². The van der Waals surface area contributed by atoms with Gasteiger partial charge in [-0.05, 0) is 44.9 Å². The lowest BCUT2D eigenvalue weighted by Crippen LogP contribution is -2.45. The van der Waals surface area contributed by atoms with E-state index in [4.69, 9.17) is 21.1 Å². The maximum Gasteiger partial charge on any atom is 0.329 e. The Labute approximate surface area is 194 Å². The van der Waals surface area contributed by atoms with Crippen molar-refractivity contribution in [3.8, 4) is 0 Å². The molecule has 2 rings (SSSR count). The Balaban J connectivity index is 2.07. The number of amides is 1. The highest BCUT2D eigenvalue weighted by atomic mass is 35.5. The summed E-state index contributed by atoms with van der Waals surface area (Å²) in [5, 5.41) is 2.95. The number of aryl methyl sites for hydroxylation is 1. The molecule has 0 radical (unpaired) electrons. The number of benzene rings is 1. The number of carbonyl (C=O) groups is 3. The molecule has 0 saturated carbocycles. The molecule has 32 heavy (non-hydrogen) atoms. The van der Waals surface area contributed by atoms with Crippen molar-refractivity contribution in [2.24, 2.45) is 5.92 Å². The Bertz CT molecular complexity index is 983. The minimum atomic E-state index is -0.916. The van der Waals surface area contributed by atoms with Gasteiger partial charge in [0.1, 0.15) is 6.04 Å². The monoisotopic (exact) mass is 462 g/mol. The third-order valence-corrected chi connectivity index (χ3v) is 5.63. The van der Waals surface area contributed by atoms with Crippen LogP contribution in [0.15, 0.2) is 30.3 Å². The number of aromatic nitrogens is 1. The second-order valence-corrected chi connectivity index (χ2v) is 8.57. The van der Waals surface area contributed by atoms with E-state index in [9.17, 15) is 14.4 Å². The van der Waals surface area contributed by atoms with E-state index in [-0.39, 0.29) is 28.3 Å². The van der Waals surface area contributed by atoms with E-state index in [1.54, 1.807) is 51.3 Å². The van der Waals surface area contributed by atoms with Gasteiger partial charge < -0.3 is 19.4 Å². The van der Waals surface area contributed by atoms with Crippen LogP contribution in [0.5, 0.6) is 0 Å². The molecule has 1 aromatic carbocycles. The third-order valence-electron chi connectivity index (χ3n) is 5.30. The molecule has 8 heteroatoms. The molecule has 0 aliphatic rings. The molecule has 0 spiro atoms. The van der Waals surface area contributed by atoms with Crippen LogP contribution in [0.2, 0.25) is 5.02 Å². The van der Waals surface area contributed by atoms with E-state index in [0.29, 0.717) is 12.2 Å². The largest absolute Gasteiger partial charge is 0.456 e. The topological polar surface area (TPSA) is 86.6 Å². The molecule has 0 saturated heterocycles. The van der Waals surface area contributed by atoms with Crippen molar-refractivity contribution >= 4 is 29.3 Å². The second kappa shape index (κ2) is 11.3. The Kier molecular flexibility index (Phi) is 9.04. The van der Waals surface area contributed by atoms with Gasteiger partial charge in [0.25, 0.3) is 5.91 Å². The molecule has 1 N–H and O–H groups in total. The van der Waals surface area contributed by atoms with Gasteiger partial charge in [0, 0.05) is 24.1 Å². The van der Waals surface area contributed by atoms with Crippen molar-refractivity contribution in [1.82, 2.24) is 9.88 Å². The number of rotatable bonds is 10. The molecular formula is C24H31ClN2O5. The summed E-state index contributed by atoms with van der Waals surface area (Å²) in [6.07, 6.45) is 0. The molecule has 1 unspecified atom stereocenters. The number of hydrogen-bond donors (Lipinski definition) is 1. The van der Waals surface area contributed by atoms with Crippen LogP contribution in [0.1, 0.15) is 58.9 Å². The van der Waals surface area contributed by atoms with Crippen molar-refractivity contribution in [3.05, 3.63) is 57.9 Å². The smallest absolute Gasteiger partial charge is 0.329 e. The van der Waals surface area contributed by atoms with Gasteiger partial charge in [0.05, 0.1) is 23.2 Å². The predicted octanol–water partition coefficient (Wildman–Crippen LogP) is 4.15. The summed E-state index contributed by atoms with van der Waals surface area (Å²) in [5.74, 6) is -1.70. The van der Waals surface area contributed by atoms with Gasteiger partial charge in [-0.25, -0.2) is 4.79 Å². The third kappa shape index (κ3) is 5.99. The first-order chi connectivity index (χ1) is 15.1. The van der Waals surface area contributed by atoms with Crippen LogP contribution in [0.25, 0.3) is 0 Å². The first-order valence-corrected chi connectivity index (χ1v) is 10.9. The number of ketones is 1. The zero-order valence-corrected chi connectivity index (χ0v) is 20.2. The van der Waals surface area contributed by atoms with E-state index < -0.39 is 24.5 Å². The molecule has 0 bridgehead atoms. The molecule has 7 nitrogen and oxygen atoms in total. The lowest BCUT2D eigenvalue weighted by molar-refractivity contribution is -0.145. The highest BCUT2D eigenvalue weighted by molar-refractivity contribution is 6.33. The first-order valence-electron chi connectivity index (χ1n) is 10.5. The van der Waals surface area contributed by atoms with E-state index in [1.807, 2.05) is 25.3 Å². The molecule has 174 valence electrons. The average Bonchev–Trinajstić information content (AvgIpc) is 3.04. The van der Waals surface area contributed by atoms with Crippen LogP contribution in [-0.2, 0) is 14.3 Å². The molecule has 1 aromatic heterocycles. The van der Waals surface area contributed by atoms with Gasteiger partial charge in [-0.1, -0.05) is 37.6 Å². The number of esters is 1. The van der Waals surface area contributed by atoms with E-state index >= 15 is 0 Å². The Morgan fingerprint density at radius 1 is 1.09 bits per heavy atom. The van der Waals surface area contributed by atoms with E-state index in [0.717, 1.165) is 11.4 Å². The van der Waals surface area contributed by atoms with Crippen molar-refractivity contribution in [3.63, 3.8) is 0 Å². The summed E-state index contributed by atoms with van der Waals surface area (Å²) in [4.78, 5) is 38.0. The summed E-state index contributed by atoms with van der Waals surface area (Å²) in [6.45, 7) is 9.45. The first kappa shape index (κ1) is 25.6. The van der Waals surface area contributed by atoms with Crippen molar-refractivity contribution in [2.75, 3.05) is 20.3 Å². The molecule has 0 aliphatic carbocycles. The second-order valence-electron chi connectivity index (χ2n) is 8.17. The molecule has 0 fully saturated rings. The van der Waals surface area contributed by atoms with Crippen LogP contribution in [-0.4, -0.2) is 48.6 Å². The molecule has 1 heterocycles. The Hall–Kier alpha value is -2.64. The fourth-order valence-electron chi connectivity index (χ4n) is 3.72. The SMILES string of the molecule is COCC(C)n1c(C)cc(C(=O)COC(=O)[C@@H](NC(=O)c2ccccc2Cl)C(C)C)c1C. The predicted molar refractivity (Wildman–Crippen MR) is 123 cm³/mol. The standard InChI is InChI=1S/C24H31ClN2O5/c1-14(2)22(26-23(29)18-9-7-8-10-20(18)25)24(30)32-13-21(28)19-11-15(3)27(17(19)5)16(4)12-31-6/h7-11,14,16,22H,12-13H2,1-6H3,(H,26,29)/t16?,22-/m0/s1. The lowest BCUT2D eigenvalue weighted by Gasteiger charge is -2.21. The van der Waals surface area contributed by atoms with E-state index in [1.165, 1.54) is 0 Å². The zero-order valence-electron chi connectivity index (χ0n) is 19.4. The van der Waals surface area contributed by atoms with Gasteiger partial charge in [-0.15, -0.1) is 0 Å². The van der Waals surface area contributed by atoms with E-state index in [2.05, 4.69) is 5.32 Å². The summed E-state index contributed by atoms with van der Waals surface area (Å²) in [6, 6.07) is 7.51. The summed E-state index contributed by atoms with van der Waals surface area (Å²) >= 11 is 6.07. The summed E-state index contributed by atoms with van der Waals surface area (Å²) in [7, 11) is 1.63. The number of nitrogens with one attached hydrogen (secondary N) is 1. The number of nitrogens with zero attached hydrogens (tertiary/aromatic N) is 1. The number of Topliss-reactive ketones (excluding diaryl/α,β-unsaturated/α-hetero) is 1. The fourth-order valence-corrected chi connectivity index (χ4v) is 3.94. The van der Waals surface area contributed by atoms with Gasteiger partial charge in [0.15, 0.2) is 6.61 Å². The molecular weight excluding hydrogens is 432 g/mol. The van der Waals surface area contributed by atoms with Crippen molar-refractivity contribution in [1.29, 1.82) is 0 Å². The van der Waals surface area contributed by atoms with Crippen LogP contribution in [0, 0.1) is 19.8 Å². The van der Waals surface area contributed by atoms with Crippen LogP contribution in [0.3, 0.4) is 0 Å². The van der Waals surface area contributed by atoms with Gasteiger partial charge >= 0.3 is 5.97 Å². The number of methoxy groups -OCH3 is 1. The minimum absolute atomic E-state index is 0.0643.